The van der Waals surface area contributed by atoms with Crippen molar-refractivity contribution in [3.63, 3.8) is 0 Å². The molecule has 0 rings (SSSR count). The van der Waals surface area contributed by atoms with Crippen LogP contribution in [-0.4, -0.2) is 23.6 Å². The van der Waals surface area contributed by atoms with Gasteiger partial charge in [-0.1, -0.05) is 0 Å². The molecule has 4 N–H and O–H groups in total. The molecule has 2 amide bonds. The Morgan fingerprint density at radius 2 is 1.14 bits per heavy atom. The van der Waals surface area contributed by atoms with Gasteiger partial charge in [-0.25, -0.2) is 0 Å². The van der Waals surface area contributed by atoms with Crippen molar-refractivity contribution >= 4 is 35.0 Å². The fraction of sp³-hybridized carbons (Fsp3) is 0.750. The minimum Gasteiger partial charge on any atom is -0.370 e. The van der Waals surface area contributed by atoms with Gasteiger partial charge in [0, 0.05) is 24.6 Å². The molecule has 0 unspecified atom stereocenters. The minimum atomic E-state index is -0.277. The first-order valence-corrected chi connectivity index (χ1v) is 5.30. The van der Waals surface area contributed by atoms with Crippen LogP contribution in [0.3, 0.4) is 0 Å². The molecule has 0 aliphatic heterocycles. The van der Waals surface area contributed by atoms with E-state index in [1.807, 2.05) is 0 Å². The van der Waals surface area contributed by atoms with Crippen LogP contribution in [0.5, 0.6) is 0 Å². The van der Waals surface area contributed by atoms with Gasteiger partial charge < -0.3 is 11.5 Å². The Morgan fingerprint density at radius 1 is 0.857 bits per heavy atom. The summed E-state index contributed by atoms with van der Waals surface area (Å²) in [6, 6.07) is 0. The van der Waals surface area contributed by atoms with Gasteiger partial charge in [-0.3, -0.25) is 9.59 Å². The van der Waals surface area contributed by atoms with E-state index in [4.69, 9.17) is 34.7 Å². The number of carbonyl (C=O) groups excluding carboxylic acids is 2. The van der Waals surface area contributed by atoms with Crippen LogP contribution in [-0.2, 0) is 9.59 Å². The summed E-state index contributed by atoms with van der Waals surface area (Å²) in [5, 5.41) is 0. The topological polar surface area (TPSA) is 86.2 Å². The predicted molar refractivity (Wildman–Crippen MR) is 58.3 cm³/mol. The zero-order valence-electron chi connectivity index (χ0n) is 7.97. The molecule has 0 heterocycles. The SMILES string of the molecule is NC(=O)CCCCl.NC(=O)CCCCl. The summed E-state index contributed by atoms with van der Waals surface area (Å²) >= 11 is 10.5. The van der Waals surface area contributed by atoms with Crippen LogP contribution in [0.1, 0.15) is 25.7 Å². The van der Waals surface area contributed by atoms with Crippen molar-refractivity contribution in [3.05, 3.63) is 0 Å². The van der Waals surface area contributed by atoms with Gasteiger partial charge in [-0.15, -0.1) is 23.2 Å². The van der Waals surface area contributed by atoms with Gasteiger partial charge in [0.2, 0.25) is 11.8 Å². The van der Waals surface area contributed by atoms with Gasteiger partial charge in [-0.2, -0.15) is 0 Å². The molecule has 84 valence electrons. The third-order valence-corrected chi connectivity index (χ3v) is 1.65. The van der Waals surface area contributed by atoms with Crippen LogP contribution in [0.4, 0.5) is 0 Å². The smallest absolute Gasteiger partial charge is 0.217 e. The van der Waals surface area contributed by atoms with Gasteiger partial charge in [-0.05, 0) is 12.8 Å². The molecule has 0 saturated carbocycles. The molecule has 0 saturated heterocycles. The molecule has 0 radical (unpaired) electrons. The van der Waals surface area contributed by atoms with Crippen molar-refractivity contribution in [2.75, 3.05) is 11.8 Å². The van der Waals surface area contributed by atoms with Gasteiger partial charge in [0.15, 0.2) is 0 Å². The lowest BCUT2D eigenvalue weighted by Crippen LogP contribution is -2.09. The first-order valence-electron chi connectivity index (χ1n) is 4.23. The summed E-state index contributed by atoms with van der Waals surface area (Å²) in [7, 11) is 0. The minimum absolute atomic E-state index is 0.277. The van der Waals surface area contributed by atoms with Crippen molar-refractivity contribution in [2.45, 2.75) is 25.7 Å². The Morgan fingerprint density at radius 3 is 1.21 bits per heavy atom. The average Bonchev–Trinajstić information content (AvgIpc) is 2.12. The Kier molecular flexibility index (Phi) is 14.3. The molecule has 0 aliphatic carbocycles. The van der Waals surface area contributed by atoms with E-state index in [1.165, 1.54) is 0 Å². The maximum absolute atomic E-state index is 9.92. The third kappa shape index (κ3) is 22.5. The summed E-state index contributed by atoms with van der Waals surface area (Å²) in [6.07, 6.45) is 2.20. The van der Waals surface area contributed by atoms with Crippen LogP contribution in [0.25, 0.3) is 0 Å². The summed E-state index contributed by atoms with van der Waals surface area (Å²) in [4.78, 5) is 19.8. The Balaban J connectivity index is 0. The molecular formula is C8H16Cl2N2O2. The monoisotopic (exact) mass is 242 g/mol. The molecule has 14 heavy (non-hydrogen) atoms. The van der Waals surface area contributed by atoms with Crippen molar-refractivity contribution in [2.24, 2.45) is 11.5 Å². The Hall–Kier alpha value is -0.480. The van der Waals surface area contributed by atoms with E-state index in [2.05, 4.69) is 0 Å². The fourth-order valence-corrected chi connectivity index (χ4v) is 0.749. The van der Waals surface area contributed by atoms with E-state index in [0.29, 0.717) is 37.4 Å². The molecule has 4 nitrogen and oxygen atoms in total. The zero-order chi connectivity index (χ0) is 11.4. The lowest BCUT2D eigenvalue weighted by Gasteiger charge is -1.85. The maximum atomic E-state index is 9.92. The number of nitrogens with two attached hydrogens (primary N) is 2. The average molecular weight is 243 g/mol. The molecule has 0 aliphatic rings. The Bertz CT molecular complexity index is 147. The zero-order valence-corrected chi connectivity index (χ0v) is 9.48. The van der Waals surface area contributed by atoms with Crippen LogP contribution in [0, 0.1) is 0 Å². The first kappa shape index (κ1) is 16.0. The van der Waals surface area contributed by atoms with Gasteiger partial charge >= 0.3 is 0 Å². The number of alkyl halides is 2. The number of amides is 2. The summed E-state index contributed by atoms with van der Waals surface area (Å²) in [5.41, 5.74) is 9.56. The van der Waals surface area contributed by atoms with Crippen molar-refractivity contribution in [3.8, 4) is 0 Å². The van der Waals surface area contributed by atoms with E-state index in [0.717, 1.165) is 0 Å². The lowest BCUT2D eigenvalue weighted by molar-refractivity contribution is -0.118. The molecule has 0 aromatic carbocycles. The highest BCUT2D eigenvalue weighted by Crippen LogP contribution is 1.88. The number of hydrogen-bond donors (Lipinski definition) is 2. The molecule has 6 heteroatoms. The first-order chi connectivity index (χ1) is 6.54. The molecule has 0 aromatic rings. The van der Waals surface area contributed by atoms with Crippen LogP contribution in [0.2, 0.25) is 0 Å². The predicted octanol–water partition coefficient (Wildman–Crippen LogP) is 0.981. The van der Waals surface area contributed by atoms with E-state index < -0.39 is 0 Å². The van der Waals surface area contributed by atoms with E-state index in [-0.39, 0.29) is 11.8 Å². The Labute approximate surface area is 93.9 Å². The van der Waals surface area contributed by atoms with E-state index in [9.17, 15) is 9.59 Å². The summed E-state index contributed by atoms with van der Waals surface area (Å²) in [5.74, 6) is 0.479. The fourth-order valence-electron chi connectivity index (χ4n) is 0.482. The van der Waals surface area contributed by atoms with E-state index in [1.54, 1.807) is 0 Å². The van der Waals surface area contributed by atoms with Gasteiger partial charge in [0.05, 0.1) is 0 Å². The lowest BCUT2D eigenvalue weighted by atomic mass is 10.3. The largest absolute Gasteiger partial charge is 0.370 e. The highest BCUT2D eigenvalue weighted by Gasteiger charge is 1.89. The van der Waals surface area contributed by atoms with Gasteiger partial charge in [0.1, 0.15) is 0 Å². The number of carbonyl (C=O) groups is 2. The molecule has 0 bridgehead atoms. The van der Waals surface area contributed by atoms with Crippen LogP contribution >= 0.6 is 23.2 Å². The number of halogens is 2. The number of primary amides is 2. The standard InChI is InChI=1S/2C4H8ClNO/c2*5-3-1-2-4(6)7/h2*1-3H2,(H2,6,7). The van der Waals surface area contributed by atoms with E-state index >= 15 is 0 Å². The van der Waals surface area contributed by atoms with Crippen molar-refractivity contribution in [1.82, 2.24) is 0 Å². The second-order valence-corrected chi connectivity index (χ2v) is 3.27. The molecular weight excluding hydrogens is 227 g/mol. The maximum Gasteiger partial charge on any atom is 0.217 e. The highest BCUT2D eigenvalue weighted by atomic mass is 35.5. The van der Waals surface area contributed by atoms with Crippen molar-refractivity contribution < 1.29 is 9.59 Å². The second kappa shape index (κ2) is 12.5. The molecule has 0 spiro atoms. The number of rotatable bonds is 6. The van der Waals surface area contributed by atoms with Crippen LogP contribution < -0.4 is 11.5 Å². The number of hydrogen-bond acceptors (Lipinski definition) is 2. The summed E-state index contributed by atoms with van der Waals surface area (Å²) in [6.45, 7) is 0. The quantitative estimate of drug-likeness (QED) is 0.681. The van der Waals surface area contributed by atoms with Crippen LogP contribution in [0.15, 0.2) is 0 Å². The molecule has 0 fully saturated rings. The summed E-state index contributed by atoms with van der Waals surface area (Å²) < 4.78 is 0. The highest BCUT2D eigenvalue weighted by molar-refractivity contribution is 6.18. The van der Waals surface area contributed by atoms with Gasteiger partial charge in [0.25, 0.3) is 0 Å². The molecule has 0 atom stereocenters. The third-order valence-electron chi connectivity index (χ3n) is 1.11. The molecule has 0 aromatic heterocycles. The normalized spacial score (nSPS) is 8.71. The second-order valence-electron chi connectivity index (χ2n) is 2.52. The van der Waals surface area contributed by atoms with Crippen molar-refractivity contribution in [1.29, 1.82) is 0 Å².